The van der Waals surface area contributed by atoms with Gasteiger partial charge < -0.3 is 20.6 Å². The SMILES string of the molecule is [Fe+2].[O-][I+2]([O-])[O-].[O-][I+2]([O-])[O-]. The number of hydrogen-bond acceptors (Lipinski definition) is 6. The van der Waals surface area contributed by atoms with E-state index >= 15 is 0 Å². The van der Waals surface area contributed by atoms with Crippen LogP contribution in [-0.2, 0) is 17.1 Å². The Morgan fingerprint density at radius 2 is 0.556 bits per heavy atom. The standard InChI is InChI=1S/Fe.2IO3/c;2*2-1(3)4/q+2;2*-1. The van der Waals surface area contributed by atoms with Gasteiger partial charge in [0.05, 0.1) is 0 Å². The van der Waals surface area contributed by atoms with Crippen LogP contribution in [0.3, 0.4) is 0 Å². The van der Waals surface area contributed by atoms with Crippen LogP contribution in [0.15, 0.2) is 0 Å². The van der Waals surface area contributed by atoms with E-state index in [1.807, 2.05) is 0 Å². The van der Waals surface area contributed by atoms with E-state index in [2.05, 4.69) is 0 Å². The van der Waals surface area contributed by atoms with E-state index in [-0.39, 0.29) is 17.1 Å². The van der Waals surface area contributed by atoms with Gasteiger partial charge in [0.15, 0.2) is 0 Å². The van der Waals surface area contributed by atoms with Gasteiger partial charge in [0.1, 0.15) is 0 Å². The van der Waals surface area contributed by atoms with E-state index in [9.17, 15) is 0 Å². The Labute approximate surface area is 79.1 Å². The van der Waals surface area contributed by atoms with Crippen molar-refractivity contribution in [3.8, 4) is 0 Å². The second-order valence-electron chi connectivity index (χ2n) is 0.378. The quantitative estimate of drug-likeness (QED) is 0.290. The van der Waals surface area contributed by atoms with Crippen LogP contribution < -0.4 is 62.7 Å². The molecule has 0 N–H and O–H groups in total. The van der Waals surface area contributed by atoms with Crippen molar-refractivity contribution < 1.29 is 79.8 Å². The molecule has 0 aromatic heterocycles. The molecule has 0 aliphatic rings. The van der Waals surface area contributed by atoms with Crippen molar-refractivity contribution in [2.75, 3.05) is 0 Å². The molecule has 0 saturated carbocycles. The molecule has 58 valence electrons. The molecular weight excluding hydrogens is 406 g/mol. The van der Waals surface area contributed by atoms with Crippen molar-refractivity contribution in [3.63, 3.8) is 0 Å². The van der Waals surface area contributed by atoms with Gasteiger partial charge in [0.2, 0.25) is 0 Å². The molecule has 0 atom stereocenters. The van der Waals surface area contributed by atoms with Crippen molar-refractivity contribution in [1.82, 2.24) is 0 Å². The van der Waals surface area contributed by atoms with Crippen LogP contribution in [0.25, 0.3) is 0 Å². The molecule has 0 aromatic rings. The molecule has 0 amide bonds. The van der Waals surface area contributed by atoms with Crippen LogP contribution in [-0.4, -0.2) is 0 Å². The molecule has 0 unspecified atom stereocenters. The fourth-order valence-corrected chi connectivity index (χ4v) is 0. The Morgan fingerprint density at radius 1 is 0.556 bits per heavy atom. The molecule has 9 heavy (non-hydrogen) atoms. The van der Waals surface area contributed by atoms with Gasteiger partial charge in [0, 0.05) is 0 Å². The Kier molecular flexibility index (Phi) is 23.5. The first kappa shape index (κ1) is 17.0. The molecule has 0 spiro atoms. The van der Waals surface area contributed by atoms with Crippen LogP contribution in [0.2, 0.25) is 0 Å². The van der Waals surface area contributed by atoms with E-state index in [1.54, 1.807) is 0 Å². The molecule has 0 aliphatic carbocycles. The molecule has 0 rings (SSSR count). The van der Waals surface area contributed by atoms with Gasteiger partial charge in [-0.3, -0.25) is 0 Å². The first-order chi connectivity index (χ1) is 3.46. The summed E-state index contributed by atoms with van der Waals surface area (Å²) in [6.45, 7) is 0. The average Bonchev–Trinajstić information content (AvgIpc) is 1.25. The maximum atomic E-state index is 8.57. The molecule has 0 saturated heterocycles. The smallest absolute Gasteiger partial charge is 0.427 e. The van der Waals surface area contributed by atoms with E-state index in [0.717, 1.165) is 0 Å². The second-order valence-corrected chi connectivity index (χ2v) is 2.54. The first-order valence-electron chi connectivity index (χ1n) is 0.926. The van der Waals surface area contributed by atoms with E-state index in [0.29, 0.717) is 0 Å². The van der Waals surface area contributed by atoms with Crippen LogP contribution in [0.4, 0.5) is 0 Å². The zero-order chi connectivity index (χ0) is 7.15. The van der Waals surface area contributed by atoms with E-state index in [1.165, 1.54) is 0 Å². The summed E-state index contributed by atoms with van der Waals surface area (Å²) in [7, 11) is 0. The van der Waals surface area contributed by atoms with Crippen molar-refractivity contribution in [2.24, 2.45) is 0 Å². The summed E-state index contributed by atoms with van der Waals surface area (Å²) in [5.41, 5.74) is 0. The third-order valence-corrected chi connectivity index (χ3v) is 0. The number of halogens is 2. The van der Waals surface area contributed by atoms with E-state index < -0.39 is 42.1 Å². The fourth-order valence-electron chi connectivity index (χ4n) is 0. The summed E-state index contributed by atoms with van der Waals surface area (Å²) in [5, 5.41) is 0. The van der Waals surface area contributed by atoms with Gasteiger partial charge in [-0.25, -0.2) is 0 Å². The van der Waals surface area contributed by atoms with Gasteiger partial charge in [-0.15, -0.1) is 0 Å². The molecule has 0 heterocycles. The summed E-state index contributed by atoms with van der Waals surface area (Å²) >= 11 is -8.03. The Morgan fingerprint density at radius 3 is 0.556 bits per heavy atom. The minimum absolute atomic E-state index is 0. The minimum Gasteiger partial charge on any atom is -0.427 e. The van der Waals surface area contributed by atoms with Crippen molar-refractivity contribution in [3.05, 3.63) is 0 Å². The molecule has 0 aromatic carbocycles. The summed E-state index contributed by atoms with van der Waals surface area (Å²) in [6, 6.07) is 0. The molecule has 6 nitrogen and oxygen atoms in total. The normalized spacial score (nSPS) is 8.00. The Bertz CT molecular complexity index is 26.5. The van der Waals surface area contributed by atoms with Crippen LogP contribution in [0.5, 0.6) is 0 Å². The zero-order valence-electron chi connectivity index (χ0n) is 3.56. The van der Waals surface area contributed by atoms with E-state index in [4.69, 9.17) is 20.6 Å². The summed E-state index contributed by atoms with van der Waals surface area (Å²) < 4.78 is 51.4. The first-order valence-corrected chi connectivity index (χ1v) is 6.21. The topological polar surface area (TPSA) is 138 Å². The Balaban J connectivity index is -0.0000000720. The Hall–Kier alpha value is 1.74. The predicted octanol–water partition coefficient (Wildman–Crippen LogP) is -13.1. The second kappa shape index (κ2) is 12.4. The van der Waals surface area contributed by atoms with Crippen molar-refractivity contribution >= 4 is 0 Å². The van der Waals surface area contributed by atoms with Gasteiger partial charge in [0.25, 0.3) is 42.1 Å². The number of hydrogen-bond donors (Lipinski definition) is 0. The third-order valence-electron chi connectivity index (χ3n) is 0. The van der Waals surface area contributed by atoms with Crippen LogP contribution in [0.1, 0.15) is 0 Å². The molecule has 0 bridgehead atoms. The average molecular weight is 406 g/mol. The molecule has 0 radical (unpaired) electrons. The fraction of sp³-hybridized carbons (Fsp3) is 0. The third kappa shape index (κ3) is 193. The molecule has 0 fully saturated rings. The van der Waals surface area contributed by atoms with Gasteiger partial charge >= 0.3 is 17.1 Å². The predicted molar refractivity (Wildman–Crippen MR) is 0 cm³/mol. The minimum atomic E-state index is -4.01. The van der Waals surface area contributed by atoms with Gasteiger partial charge in [-0.2, -0.15) is 0 Å². The summed E-state index contributed by atoms with van der Waals surface area (Å²) in [6.07, 6.45) is 0. The maximum Gasteiger partial charge on any atom is 2.00 e. The number of rotatable bonds is 0. The summed E-state index contributed by atoms with van der Waals surface area (Å²) in [4.78, 5) is 0. The summed E-state index contributed by atoms with van der Waals surface area (Å²) in [5.74, 6) is 0. The monoisotopic (exact) mass is 406 g/mol. The molecule has 9 heteroatoms. The molecule has 0 aliphatic heterocycles. The largest absolute Gasteiger partial charge is 2.00 e. The van der Waals surface area contributed by atoms with Crippen LogP contribution in [0, 0.1) is 0 Å². The van der Waals surface area contributed by atoms with Gasteiger partial charge in [-0.1, -0.05) is 0 Å². The van der Waals surface area contributed by atoms with Crippen LogP contribution >= 0.6 is 0 Å². The van der Waals surface area contributed by atoms with Crippen molar-refractivity contribution in [1.29, 1.82) is 0 Å². The molecular formula is FeI2O6. The van der Waals surface area contributed by atoms with Gasteiger partial charge in [-0.05, 0) is 0 Å². The zero-order valence-corrected chi connectivity index (χ0v) is 8.98. The van der Waals surface area contributed by atoms with Crippen molar-refractivity contribution in [2.45, 2.75) is 0 Å². The maximum absolute atomic E-state index is 8.57.